The summed E-state index contributed by atoms with van der Waals surface area (Å²) < 4.78 is 57.0. The number of carbonyl (C=O) groups is 4. The first kappa shape index (κ1) is 55.5. The van der Waals surface area contributed by atoms with E-state index >= 15 is 0 Å². The lowest BCUT2D eigenvalue weighted by atomic mass is 9.82. The van der Waals surface area contributed by atoms with Gasteiger partial charge in [0.1, 0.15) is 31.0 Å². The fourth-order valence-corrected chi connectivity index (χ4v) is 16.0. The summed E-state index contributed by atoms with van der Waals surface area (Å²) in [7, 11) is -8.06. The molecule has 2 aliphatic carbocycles. The minimum Gasteiger partial charge on any atom is -0.477 e. The van der Waals surface area contributed by atoms with E-state index in [0.717, 1.165) is 108 Å². The van der Waals surface area contributed by atoms with Crippen molar-refractivity contribution in [2.75, 3.05) is 36.0 Å². The average Bonchev–Trinajstić information content (AvgIpc) is 4.34. The first-order chi connectivity index (χ1) is 38.1. The van der Waals surface area contributed by atoms with Crippen molar-refractivity contribution in [1.82, 2.24) is 28.5 Å². The molecule has 7 aromatic rings. The molecule has 79 heavy (non-hydrogen) atoms. The van der Waals surface area contributed by atoms with Crippen molar-refractivity contribution in [3.8, 4) is 32.1 Å². The van der Waals surface area contributed by atoms with Crippen LogP contribution in [0, 0.1) is 11.8 Å². The standard InChI is InChI=1S/C30H29N5O5S2.C26H26ClN3O5S2/c36-28-18-34(42(39,40)23-11-12-24(33-16-23)22-14-31-19-32-15-22)17-26(20-7-3-1-4-8-20)35(28)25-13-27(41-29(25)30(37)38)21-9-5-2-6-10-21;27-23-12-11-19(14-28-23)37(34,35)29-15-21(17-7-3-1-4-8-17)30(24(31)16-29)20-13-22(36-25(20)26(32)33)18-9-5-2-6-10-18/h2,5-6,9-16,19-20,26H,1,3-4,7-8,17-18H2,(H,37,38);2,5-6,9-14,17,21H,1,3-4,7-8,15-16H2,(H,32,33)/t26-;21-/m00/s1. The fraction of sp³-hybridized carbons (Fsp3) is 0.321. The van der Waals surface area contributed by atoms with Crippen LogP contribution in [0.5, 0.6) is 0 Å². The van der Waals surface area contributed by atoms with Crippen molar-refractivity contribution < 1.29 is 46.2 Å². The lowest BCUT2D eigenvalue weighted by Crippen LogP contribution is -2.60. The molecule has 410 valence electrons. The van der Waals surface area contributed by atoms with E-state index in [1.807, 2.05) is 60.7 Å². The van der Waals surface area contributed by atoms with Crippen molar-refractivity contribution in [3.63, 3.8) is 0 Å². The molecule has 0 spiro atoms. The third kappa shape index (κ3) is 11.9. The maximum atomic E-state index is 13.9. The van der Waals surface area contributed by atoms with E-state index in [9.17, 15) is 46.2 Å². The summed E-state index contributed by atoms with van der Waals surface area (Å²) in [4.78, 5) is 73.2. The van der Waals surface area contributed by atoms with Gasteiger partial charge in [-0.15, -0.1) is 22.7 Å². The van der Waals surface area contributed by atoms with E-state index in [4.69, 9.17) is 11.6 Å². The maximum Gasteiger partial charge on any atom is 0.348 e. The molecule has 2 aromatic carbocycles. The first-order valence-electron chi connectivity index (χ1n) is 25.9. The number of nitrogens with zero attached hydrogens (tertiary/aromatic N) is 8. The predicted octanol–water partition coefficient (Wildman–Crippen LogP) is 10.1. The SMILES string of the molecule is O=C(O)c1sc(-c2ccccc2)cc1N1C(=O)CN(S(=O)(=O)c2ccc(-c3cncnc3)nc2)C[C@H]1C1CCCCC1.O=C(O)c1sc(-c2ccccc2)cc1N1C(=O)CN(S(=O)(=O)c2ccc(Cl)nc2)C[C@H]1C1CCCCC1. The second-order valence-corrected chi connectivity index (χ2v) is 26.2. The molecule has 5 aromatic heterocycles. The zero-order valence-electron chi connectivity index (χ0n) is 42.6. The molecular formula is C56H55ClN8O10S4. The number of amides is 2. The Morgan fingerprint density at radius 2 is 0.975 bits per heavy atom. The van der Waals surface area contributed by atoms with Crippen LogP contribution in [0.2, 0.25) is 5.15 Å². The van der Waals surface area contributed by atoms with Crippen molar-refractivity contribution in [3.05, 3.63) is 143 Å². The van der Waals surface area contributed by atoms with Crippen LogP contribution in [0.4, 0.5) is 11.4 Å². The van der Waals surface area contributed by atoms with Gasteiger partial charge in [0, 0.05) is 53.2 Å². The summed E-state index contributed by atoms with van der Waals surface area (Å²) in [5.41, 5.74) is 3.57. The van der Waals surface area contributed by atoms with Gasteiger partial charge in [-0.05, 0) is 85.0 Å². The quantitative estimate of drug-likeness (QED) is 0.102. The van der Waals surface area contributed by atoms with Gasteiger partial charge in [0.05, 0.1) is 42.2 Å². The van der Waals surface area contributed by atoms with Gasteiger partial charge in [-0.2, -0.15) is 8.61 Å². The molecule has 2 aliphatic heterocycles. The monoisotopic (exact) mass is 1160 g/mol. The zero-order valence-corrected chi connectivity index (χ0v) is 46.6. The topological polar surface area (TPSA) is 242 Å². The van der Waals surface area contributed by atoms with Gasteiger partial charge < -0.3 is 20.0 Å². The molecule has 4 fully saturated rings. The lowest BCUT2D eigenvalue weighted by molar-refractivity contribution is -0.122. The number of aromatic nitrogens is 4. The molecule has 11 rings (SSSR count). The molecule has 2 amide bonds. The van der Waals surface area contributed by atoms with E-state index in [1.165, 1.54) is 45.5 Å². The highest BCUT2D eigenvalue weighted by atomic mass is 35.5. The number of aromatic carboxylic acids is 2. The Morgan fingerprint density at radius 1 is 0.544 bits per heavy atom. The van der Waals surface area contributed by atoms with Crippen LogP contribution in [0.25, 0.3) is 32.1 Å². The summed E-state index contributed by atoms with van der Waals surface area (Å²) in [6.45, 7) is -0.626. The Labute approximate surface area is 470 Å². The number of anilines is 2. The van der Waals surface area contributed by atoms with Gasteiger partial charge in [-0.3, -0.25) is 14.6 Å². The largest absolute Gasteiger partial charge is 0.477 e. The number of thiophene rings is 2. The van der Waals surface area contributed by atoms with Gasteiger partial charge in [0.2, 0.25) is 31.9 Å². The van der Waals surface area contributed by atoms with Crippen LogP contribution in [0.3, 0.4) is 0 Å². The zero-order chi connectivity index (χ0) is 55.4. The second-order valence-electron chi connectivity index (χ2n) is 19.9. The number of halogens is 1. The van der Waals surface area contributed by atoms with Crippen LogP contribution >= 0.6 is 34.3 Å². The molecule has 2 saturated carbocycles. The molecular weight excluding hydrogens is 1110 g/mol. The minimum absolute atomic E-state index is 0.0140. The number of carboxylic acids is 2. The predicted molar refractivity (Wildman–Crippen MR) is 301 cm³/mol. The maximum absolute atomic E-state index is 13.9. The van der Waals surface area contributed by atoms with Gasteiger partial charge in [-0.25, -0.2) is 41.4 Å². The number of hydrogen-bond acceptors (Lipinski definition) is 14. The Kier molecular flexibility index (Phi) is 16.8. The number of carboxylic acid groups (broad SMARTS) is 2. The van der Waals surface area contributed by atoms with Gasteiger partial charge in [-0.1, -0.05) is 111 Å². The number of benzene rings is 2. The van der Waals surface area contributed by atoms with Crippen molar-refractivity contribution in [1.29, 1.82) is 0 Å². The number of sulfonamides is 2. The highest BCUT2D eigenvalue weighted by molar-refractivity contribution is 7.89. The van der Waals surface area contributed by atoms with E-state index in [1.54, 1.807) is 40.4 Å². The average molecular weight is 1160 g/mol. The van der Waals surface area contributed by atoms with E-state index in [0.29, 0.717) is 22.6 Å². The number of pyridine rings is 2. The van der Waals surface area contributed by atoms with Gasteiger partial charge in [0.25, 0.3) is 0 Å². The molecule has 2 N–H and O–H groups in total. The molecule has 0 radical (unpaired) electrons. The molecule has 0 bridgehead atoms. The smallest absolute Gasteiger partial charge is 0.348 e. The Balaban J connectivity index is 0.000000180. The molecule has 4 aliphatic rings. The van der Waals surface area contributed by atoms with E-state index < -0.39 is 62.4 Å². The van der Waals surface area contributed by atoms with Crippen LogP contribution in [-0.2, 0) is 29.6 Å². The lowest BCUT2D eigenvalue weighted by Gasteiger charge is -2.44. The molecule has 0 unspecified atom stereocenters. The first-order valence-corrected chi connectivity index (χ1v) is 30.8. The molecule has 23 heteroatoms. The second kappa shape index (κ2) is 23.9. The highest BCUT2D eigenvalue weighted by Crippen LogP contribution is 2.44. The summed E-state index contributed by atoms with van der Waals surface area (Å²) in [6, 6.07) is 27.3. The molecule has 7 heterocycles. The summed E-state index contributed by atoms with van der Waals surface area (Å²) in [5.74, 6) is -3.00. The van der Waals surface area contributed by atoms with Crippen LogP contribution < -0.4 is 9.80 Å². The third-order valence-electron chi connectivity index (χ3n) is 15.0. The van der Waals surface area contributed by atoms with Crippen LogP contribution in [-0.4, -0.2) is 118 Å². The Bertz CT molecular complexity index is 3560. The van der Waals surface area contributed by atoms with Crippen molar-refractivity contribution >= 4 is 89.4 Å². The number of piperazine rings is 2. The Hall–Kier alpha value is -6.79. The normalized spacial score (nSPS) is 19.2. The van der Waals surface area contributed by atoms with E-state index in [-0.39, 0.29) is 56.2 Å². The number of carbonyl (C=O) groups excluding carboxylic acids is 2. The third-order valence-corrected chi connectivity index (χ3v) is 21.1. The van der Waals surface area contributed by atoms with Crippen molar-refractivity contribution in [2.24, 2.45) is 11.8 Å². The molecule has 2 saturated heterocycles. The molecule has 18 nitrogen and oxygen atoms in total. The molecule has 2 atom stereocenters. The highest BCUT2D eigenvalue weighted by Gasteiger charge is 2.46. The van der Waals surface area contributed by atoms with Crippen LogP contribution in [0.15, 0.2) is 138 Å². The van der Waals surface area contributed by atoms with E-state index in [2.05, 4.69) is 19.9 Å². The minimum atomic E-state index is -4.06. The Morgan fingerprint density at radius 3 is 1.37 bits per heavy atom. The van der Waals surface area contributed by atoms with Gasteiger partial charge in [0.15, 0.2) is 0 Å². The number of hydrogen-bond donors (Lipinski definition) is 2. The summed E-state index contributed by atoms with van der Waals surface area (Å²) >= 11 is 8.09. The van der Waals surface area contributed by atoms with Crippen LogP contribution in [0.1, 0.15) is 83.6 Å². The van der Waals surface area contributed by atoms with Crippen molar-refractivity contribution in [2.45, 2.75) is 86.1 Å². The summed E-state index contributed by atoms with van der Waals surface area (Å²) in [6.07, 6.45) is 16.6. The fourth-order valence-electron chi connectivity index (χ4n) is 11.1. The summed E-state index contributed by atoms with van der Waals surface area (Å²) in [5, 5.41) is 20.3. The van der Waals surface area contributed by atoms with Gasteiger partial charge >= 0.3 is 11.9 Å². The number of rotatable bonds is 13.